The van der Waals surface area contributed by atoms with Crippen molar-refractivity contribution >= 4 is 17.7 Å². The number of anilines is 1. The van der Waals surface area contributed by atoms with E-state index in [4.69, 9.17) is 0 Å². The van der Waals surface area contributed by atoms with Crippen molar-refractivity contribution < 1.29 is 4.79 Å². The molecule has 2 rings (SSSR count). The molecule has 6 nitrogen and oxygen atoms in total. The summed E-state index contributed by atoms with van der Waals surface area (Å²) in [6.45, 7) is 5.22. The minimum absolute atomic E-state index is 0.0801. The molecule has 1 heterocycles. The van der Waals surface area contributed by atoms with E-state index in [1.54, 1.807) is 12.3 Å². The number of carbonyl (C=O) groups excluding carboxylic acids is 1. The van der Waals surface area contributed by atoms with Crippen LogP contribution in [0.25, 0.3) is 0 Å². The molecule has 1 aromatic rings. The Morgan fingerprint density at radius 1 is 1.35 bits per heavy atom. The maximum absolute atomic E-state index is 11.9. The SMILES string of the molecule is CCNC(=NCCC(=O)Nc1ccc(C)cn1)NC1CC=CC1. The highest BCUT2D eigenvalue weighted by atomic mass is 16.1. The van der Waals surface area contributed by atoms with Gasteiger partial charge in [0, 0.05) is 25.2 Å². The van der Waals surface area contributed by atoms with Gasteiger partial charge in [-0.05, 0) is 38.3 Å². The van der Waals surface area contributed by atoms with Crippen molar-refractivity contribution in [2.75, 3.05) is 18.4 Å². The number of rotatable bonds is 6. The average molecular weight is 315 g/mol. The zero-order chi connectivity index (χ0) is 16.5. The fraction of sp³-hybridized carbons (Fsp3) is 0.471. The Labute approximate surface area is 137 Å². The molecule has 0 bridgehead atoms. The van der Waals surface area contributed by atoms with Gasteiger partial charge in [-0.15, -0.1) is 0 Å². The molecule has 0 spiro atoms. The van der Waals surface area contributed by atoms with Gasteiger partial charge in [0.15, 0.2) is 5.96 Å². The third-order valence-corrected chi connectivity index (χ3v) is 3.48. The van der Waals surface area contributed by atoms with Gasteiger partial charge in [-0.2, -0.15) is 0 Å². The molecule has 0 radical (unpaired) electrons. The van der Waals surface area contributed by atoms with E-state index in [9.17, 15) is 4.79 Å². The first-order chi connectivity index (χ1) is 11.2. The summed E-state index contributed by atoms with van der Waals surface area (Å²) in [7, 11) is 0. The molecule has 0 unspecified atom stereocenters. The van der Waals surface area contributed by atoms with Crippen LogP contribution in [-0.4, -0.2) is 36.0 Å². The monoisotopic (exact) mass is 315 g/mol. The Morgan fingerprint density at radius 3 is 2.78 bits per heavy atom. The lowest BCUT2D eigenvalue weighted by Gasteiger charge is -2.16. The second-order valence-corrected chi connectivity index (χ2v) is 5.56. The van der Waals surface area contributed by atoms with Gasteiger partial charge in [-0.25, -0.2) is 4.98 Å². The smallest absolute Gasteiger partial charge is 0.227 e. The van der Waals surface area contributed by atoms with Crippen LogP contribution in [0.15, 0.2) is 35.5 Å². The van der Waals surface area contributed by atoms with Gasteiger partial charge in [0.1, 0.15) is 5.82 Å². The molecular weight excluding hydrogens is 290 g/mol. The zero-order valence-corrected chi connectivity index (χ0v) is 13.8. The normalized spacial score (nSPS) is 14.8. The first kappa shape index (κ1) is 17.0. The summed E-state index contributed by atoms with van der Waals surface area (Å²) < 4.78 is 0. The highest BCUT2D eigenvalue weighted by Gasteiger charge is 2.11. The highest BCUT2D eigenvalue weighted by Crippen LogP contribution is 2.08. The first-order valence-electron chi connectivity index (χ1n) is 8.09. The van der Waals surface area contributed by atoms with E-state index in [0.717, 1.165) is 30.9 Å². The number of guanidine groups is 1. The zero-order valence-electron chi connectivity index (χ0n) is 13.8. The number of nitrogens with zero attached hydrogens (tertiary/aromatic N) is 2. The third-order valence-electron chi connectivity index (χ3n) is 3.48. The first-order valence-corrected chi connectivity index (χ1v) is 8.09. The molecule has 0 aromatic carbocycles. The summed E-state index contributed by atoms with van der Waals surface area (Å²) >= 11 is 0. The number of hydrogen-bond acceptors (Lipinski definition) is 3. The van der Waals surface area contributed by atoms with E-state index >= 15 is 0 Å². The van der Waals surface area contributed by atoms with Crippen LogP contribution in [0.5, 0.6) is 0 Å². The van der Waals surface area contributed by atoms with Gasteiger partial charge in [0.25, 0.3) is 0 Å². The molecule has 0 saturated carbocycles. The standard InChI is InChI=1S/C17H25N5O/c1-3-18-17(21-14-6-4-5-7-14)19-11-10-16(23)22-15-9-8-13(2)12-20-15/h4-5,8-9,12,14H,3,6-7,10-11H2,1-2H3,(H2,18,19,21)(H,20,22,23). The van der Waals surface area contributed by atoms with Crippen molar-refractivity contribution in [3.8, 4) is 0 Å². The molecule has 0 atom stereocenters. The van der Waals surface area contributed by atoms with Gasteiger partial charge >= 0.3 is 0 Å². The van der Waals surface area contributed by atoms with E-state index in [1.807, 2.05) is 19.9 Å². The van der Waals surface area contributed by atoms with Gasteiger partial charge in [-0.3, -0.25) is 9.79 Å². The molecule has 1 aromatic heterocycles. The number of nitrogens with one attached hydrogen (secondary N) is 3. The molecule has 0 fully saturated rings. The molecule has 1 amide bonds. The lowest BCUT2D eigenvalue weighted by atomic mass is 10.2. The predicted molar refractivity (Wildman–Crippen MR) is 93.5 cm³/mol. The van der Waals surface area contributed by atoms with Crippen molar-refractivity contribution in [3.63, 3.8) is 0 Å². The Bertz CT molecular complexity index is 557. The van der Waals surface area contributed by atoms with E-state index < -0.39 is 0 Å². The fourth-order valence-electron chi connectivity index (χ4n) is 2.26. The van der Waals surface area contributed by atoms with Crippen LogP contribution < -0.4 is 16.0 Å². The van der Waals surface area contributed by atoms with Gasteiger partial charge < -0.3 is 16.0 Å². The van der Waals surface area contributed by atoms with Crippen LogP contribution in [0.4, 0.5) is 5.82 Å². The average Bonchev–Trinajstić information content (AvgIpc) is 3.03. The minimum atomic E-state index is -0.0801. The number of aryl methyl sites for hydroxylation is 1. The molecule has 1 aliphatic carbocycles. The maximum Gasteiger partial charge on any atom is 0.227 e. The molecule has 23 heavy (non-hydrogen) atoms. The summed E-state index contributed by atoms with van der Waals surface area (Å²) in [5.74, 6) is 1.26. The molecular formula is C17H25N5O. The Balaban J connectivity index is 1.77. The molecule has 1 aliphatic rings. The fourth-order valence-corrected chi connectivity index (χ4v) is 2.26. The summed E-state index contributed by atoms with van der Waals surface area (Å²) in [5, 5.41) is 9.36. The lowest BCUT2D eigenvalue weighted by molar-refractivity contribution is -0.116. The van der Waals surface area contributed by atoms with Crippen LogP contribution >= 0.6 is 0 Å². The molecule has 0 aliphatic heterocycles. The van der Waals surface area contributed by atoms with Crippen LogP contribution in [0.3, 0.4) is 0 Å². The summed E-state index contributed by atoms with van der Waals surface area (Å²) in [4.78, 5) is 20.5. The quantitative estimate of drug-likeness (QED) is 0.426. The van der Waals surface area contributed by atoms with Crippen LogP contribution in [0.1, 0.15) is 31.7 Å². The number of aromatic nitrogens is 1. The van der Waals surface area contributed by atoms with E-state index in [0.29, 0.717) is 24.8 Å². The van der Waals surface area contributed by atoms with Gasteiger partial charge in [0.05, 0.1) is 6.54 Å². The number of amides is 1. The molecule has 3 N–H and O–H groups in total. The Kier molecular flexibility index (Phi) is 6.59. The van der Waals surface area contributed by atoms with Crippen molar-refractivity contribution in [1.82, 2.24) is 15.6 Å². The number of carbonyl (C=O) groups is 1. The summed E-state index contributed by atoms with van der Waals surface area (Å²) in [5.41, 5.74) is 1.07. The van der Waals surface area contributed by atoms with E-state index in [-0.39, 0.29) is 5.91 Å². The summed E-state index contributed by atoms with van der Waals surface area (Å²) in [6, 6.07) is 4.12. The third kappa shape index (κ3) is 6.10. The molecule has 6 heteroatoms. The summed E-state index contributed by atoms with van der Waals surface area (Å²) in [6.07, 6.45) is 8.44. The maximum atomic E-state index is 11.9. The van der Waals surface area contributed by atoms with Crippen molar-refractivity contribution in [2.24, 2.45) is 4.99 Å². The number of hydrogen-bond donors (Lipinski definition) is 3. The highest BCUT2D eigenvalue weighted by molar-refractivity contribution is 5.90. The predicted octanol–water partition coefficient (Wildman–Crippen LogP) is 1.99. The van der Waals surface area contributed by atoms with E-state index in [2.05, 4.69) is 38.1 Å². The van der Waals surface area contributed by atoms with Crippen LogP contribution in [-0.2, 0) is 4.79 Å². The van der Waals surface area contributed by atoms with Crippen LogP contribution in [0, 0.1) is 6.92 Å². The van der Waals surface area contributed by atoms with Crippen LogP contribution in [0.2, 0.25) is 0 Å². The lowest BCUT2D eigenvalue weighted by Crippen LogP contribution is -2.42. The van der Waals surface area contributed by atoms with Crippen molar-refractivity contribution in [2.45, 2.75) is 39.2 Å². The largest absolute Gasteiger partial charge is 0.357 e. The van der Waals surface area contributed by atoms with Gasteiger partial charge in [-0.1, -0.05) is 18.2 Å². The Morgan fingerprint density at radius 2 is 2.13 bits per heavy atom. The van der Waals surface area contributed by atoms with E-state index in [1.165, 1.54) is 0 Å². The molecule has 0 saturated heterocycles. The Hall–Kier alpha value is -2.37. The van der Waals surface area contributed by atoms with Crippen molar-refractivity contribution in [3.05, 3.63) is 36.0 Å². The van der Waals surface area contributed by atoms with Gasteiger partial charge in [0.2, 0.25) is 5.91 Å². The second kappa shape index (κ2) is 8.92. The number of pyridine rings is 1. The molecule has 124 valence electrons. The second-order valence-electron chi connectivity index (χ2n) is 5.56. The van der Waals surface area contributed by atoms with Crippen molar-refractivity contribution in [1.29, 1.82) is 0 Å². The topological polar surface area (TPSA) is 78.4 Å². The minimum Gasteiger partial charge on any atom is -0.357 e. The number of aliphatic imine (C=N–C) groups is 1.